The number of halogens is 1. The van der Waals surface area contributed by atoms with Crippen molar-refractivity contribution in [2.45, 2.75) is 0 Å². The van der Waals surface area contributed by atoms with Crippen LogP contribution in [0, 0.1) is 12.3 Å². The standard InChI is InChI=1S/C9H7ClN6/c1-2-3-12-8-13-7(10)14-9(15-8)16-5-4-11-6-16/h1,4-6H,3H2,(H,12,13,14,15). The van der Waals surface area contributed by atoms with E-state index in [2.05, 4.69) is 31.2 Å². The Hall–Kier alpha value is -2.13. The zero-order valence-electron chi connectivity index (χ0n) is 8.13. The summed E-state index contributed by atoms with van der Waals surface area (Å²) in [5.41, 5.74) is 0. The summed E-state index contributed by atoms with van der Waals surface area (Å²) in [5, 5.41) is 2.92. The van der Waals surface area contributed by atoms with Crippen LogP contribution in [-0.4, -0.2) is 31.0 Å². The maximum atomic E-state index is 5.76. The van der Waals surface area contributed by atoms with Gasteiger partial charge in [-0.2, -0.15) is 15.0 Å². The van der Waals surface area contributed by atoms with E-state index in [9.17, 15) is 0 Å². The number of hydrogen-bond acceptors (Lipinski definition) is 5. The molecule has 2 heterocycles. The summed E-state index contributed by atoms with van der Waals surface area (Å²) < 4.78 is 1.62. The van der Waals surface area contributed by atoms with Crippen LogP contribution in [0.1, 0.15) is 0 Å². The minimum Gasteiger partial charge on any atom is -0.343 e. The van der Waals surface area contributed by atoms with E-state index >= 15 is 0 Å². The lowest BCUT2D eigenvalue weighted by Crippen LogP contribution is -2.08. The molecule has 0 aromatic carbocycles. The molecule has 2 aromatic heterocycles. The van der Waals surface area contributed by atoms with E-state index in [-0.39, 0.29) is 5.28 Å². The second kappa shape index (κ2) is 4.59. The van der Waals surface area contributed by atoms with E-state index < -0.39 is 0 Å². The van der Waals surface area contributed by atoms with Crippen molar-refractivity contribution in [3.05, 3.63) is 24.0 Å². The molecule has 0 bridgehead atoms. The van der Waals surface area contributed by atoms with Crippen molar-refractivity contribution in [1.29, 1.82) is 0 Å². The van der Waals surface area contributed by atoms with Gasteiger partial charge < -0.3 is 5.32 Å². The fourth-order valence-corrected chi connectivity index (χ4v) is 1.20. The molecule has 0 saturated heterocycles. The molecule has 0 radical (unpaired) electrons. The molecule has 7 heteroatoms. The number of hydrogen-bond donors (Lipinski definition) is 1. The van der Waals surface area contributed by atoms with Crippen LogP contribution in [0.5, 0.6) is 0 Å². The number of rotatable bonds is 3. The molecule has 0 unspecified atom stereocenters. The Labute approximate surface area is 96.7 Å². The van der Waals surface area contributed by atoms with Gasteiger partial charge in [-0.3, -0.25) is 4.57 Å². The molecule has 80 valence electrons. The van der Waals surface area contributed by atoms with Crippen LogP contribution in [-0.2, 0) is 0 Å². The number of aromatic nitrogens is 5. The van der Waals surface area contributed by atoms with Crippen LogP contribution in [0.4, 0.5) is 5.95 Å². The summed E-state index contributed by atoms with van der Waals surface area (Å²) >= 11 is 5.76. The van der Waals surface area contributed by atoms with Crippen LogP contribution in [0.2, 0.25) is 5.28 Å². The Morgan fingerprint density at radius 3 is 3.00 bits per heavy atom. The fourth-order valence-electron chi connectivity index (χ4n) is 1.04. The monoisotopic (exact) mass is 234 g/mol. The molecule has 0 aliphatic carbocycles. The number of nitrogens with zero attached hydrogens (tertiary/aromatic N) is 5. The van der Waals surface area contributed by atoms with Crippen molar-refractivity contribution in [3.8, 4) is 18.3 Å². The quantitative estimate of drug-likeness (QED) is 0.794. The van der Waals surface area contributed by atoms with Crippen LogP contribution in [0.15, 0.2) is 18.7 Å². The Bertz CT molecular complexity index is 515. The average molecular weight is 235 g/mol. The molecule has 0 amide bonds. The predicted molar refractivity (Wildman–Crippen MR) is 59.3 cm³/mol. The van der Waals surface area contributed by atoms with Crippen LogP contribution < -0.4 is 5.32 Å². The lowest BCUT2D eigenvalue weighted by atomic mass is 10.6. The summed E-state index contributed by atoms with van der Waals surface area (Å²) in [6.07, 6.45) is 10.0. The first-order chi connectivity index (χ1) is 7.79. The van der Waals surface area contributed by atoms with Gasteiger partial charge in [0.05, 0.1) is 6.54 Å². The highest BCUT2D eigenvalue weighted by Crippen LogP contribution is 2.08. The fraction of sp³-hybridized carbons (Fsp3) is 0.111. The van der Waals surface area contributed by atoms with Gasteiger partial charge in [-0.05, 0) is 11.6 Å². The zero-order valence-corrected chi connectivity index (χ0v) is 8.89. The topological polar surface area (TPSA) is 68.5 Å². The van der Waals surface area contributed by atoms with Crippen molar-refractivity contribution >= 4 is 17.5 Å². The summed E-state index contributed by atoms with van der Waals surface area (Å²) in [7, 11) is 0. The minimum atomic E-state index is 0.0956. The zero-order chi connectivity index (χ0) is 11.4. The molecule has 0 aliphatic rings. The highest BCUT2D eigenvalue weighted by atomic mass is 35.5. The number of nitrogens with one attached hydrogen (secondary N) is 1. The van der Waals surface area contributed by atoms with Gasteiger partial charge in [0.25, 0.3) is 0 Å². The van der Waals surface area contributed by atoms with Crippen molar-refractivity contribution in [3.63, 3.8) is 0 Å². The predicted octanol–water partition coefficient (Wildman–Crippen LogP) is 0.756. The van der Waals surface area contributed by atoms with E-state index in [1.807, 2.05) is 0 Å². The summed E-state index contributed by atoms with van der Waals surface area (Å²) in [6.45, 7) is 0.323. The third-order valence-corrected chi connectivity index (χ3v) is 1.85. The van der Waals surface area contributed by atoms with Gasteiger partial charge in [0.1, 0.15) is 6.33 Å². The Balaban J connectivity index is 2.33. The second-order valence-electron chi connectivity index (χ2n) is 2.76. The maximum Gasteiger partial charge on any atom is 0.241 e. The van der Waals surface area contributed by atoms with E-state index in [0.29, 0.717) is 18.4 Å². The van der Waals surface area contributed by atoms with E-state index in [0.717, 1.165) is 0 Å². The van der Waals surface area contributed by atoms with Gasteiger partial charge in [-0.25, -0.2) is 4.98 Å². The van der Waals surface area contributed by atoms with E-state index in [4.69, 9.17) is 18.0 Å². The molecule has 0 spiro atoms. The van der Waals surface area contributed by atoms with Crippen molar-refractivity contribution in [2.24, 2.45) is 0 Å². The van der Waals surface area contributed by atoms with Gasteiger partial charge in [0, 0.05) is 12.4 Å². The molecular formula is C9H7ClN6. The molecule has 0 atom stereocenters. The first kappa shape index (κ1) is 10.4. The van der Waals surface area contributed by atoms with Crippen LogP contribution in [0.3, 0.4) is 0 Å². The summed E-state index contributed by atoms with van der Waals surface area (Å²) in [4.78, 5) is 15.9. The minimum absolute atomic E-state index is 0.0956. The Kier molecular flexibility index (Phi) is 2.98. The third-order valence-electron chi connectivity index (χ3n) is 1.68. The Morgan fingerprint density at radius 1 is 1.44 bits per heavy atom. The number of imidazole rings is 1. The highest BCUT2D eigenvalue weighted by molar-refractivity contribution is 6.28. The number of anilines is 1. The molecule has 0 saturated carbocycles. The maximum absolute atomic E-state index is 5.76. The third kappa shape index (κ3) is 2.27. The van der Waals surface area contributed by atoms with Crippen LogP contribution >= 0.6 is 11.6 Å². The normalized spacial score (nSPS) is 9.75. The molecule has 2 aromatic rings. The lowest BCUT2D eigenvalue weighted by Gasteiger charge is -2.04. The van der Waals surface area contributed by atoms with Gasteiger partial charge in [0.2, 0.25) is 17.2 Å². The van der Waals surface area contributed by atoms with Crippen molar-refractivity contribution < 1.29 is 0 Å². The van der Waals surface area contributed by atoms with Crippen molar-refractivity contribution in [2.75, 3.05) is 11.9 Å². The molecule has 6 nitrogen and oxygen atoms in total. The Morgan fingerprint density at radius 2 is 2.31 bits per heavy atom. The van der Waals surface area contributed by atoms with Gasteiger partial charge in [-0.1, -0.05) is 5.92 Å². The molecule has 1 N–H and O–H groups in total. The van der Waals surface area contributed by atoms with Gasteiger partial charge in [0.15, 0.2) is 0 Å². The largest absolute Gasteiger partial charge is 0.343 e. The van der Waals surface area contributed by atoms with E-state index in [1.165, 1.54) is 0 Å². The highest BCUT2D eigenvalue weighted by Gasteiger charge is 2.05. The average Bonchev–Trinajstić information content (AvgIpc) is 2.79. The summed E-state index contributed by atoms with van der Waals surface area (Å²) in [5.74, 6) is 3.14. The molecule has 16 heavy (non-hydrogen) atoms. The summed E-state index contributed by atoms with van der Waals surface area (Å²) in [6, 6.07) is 0. The molecule has 0 aliphatic heterocycles. The van der Waals surface area contributed by atoms with Crippen molar-refractivity contribution in [1.82, 2.24) is 24.5 Å². The molecule has 2 rings (SSSR count). The van der Waals surface area contributed by atoms with E-state index in [1.54, 1.807) is 23.3 Å². The number of terminal acetylenes is 1. The van der Waals surface area contributed by atoms with Gasteiger partial charge >= 0.3 is 0 Å². The smallest absolute Gasteiger partial charge is 0.241 e. The van der Waals surface area contributed by atoms with Crippen LogP contribution in [0.25, 0.3) is 5.95 Å². The molecule has 0 fully saturated rings. The first-order valence-electron chi connectivity index (χ1n) is 4.37. The molecular weight excluding hydrogens is 228 g/mol. The van der Waals surface area contributed by atoms with Gasteiger partial charge in [-0.15, -0.1) is 6.42 Å². The lowest BCUT2D eigenvalue weighted by molar-refractivity contribution is 0.895. The second-order valence-corrected chi connectivity index (χ2v) is 3.09. The SMILES string of the molecule is C#CCNc1nc(Cl)nc(-n2ccnc2)n1. The first-order valence-corrected chi connectivity index (χ1v) is 4.74.